The molecular formula is C13H19FO. The van der Waals surface area contributed by atoms with Crippen LogP contribution in [0.1, 0.15) is 37.7 Å². The van der Waals surface area contributed by atoms with Gasteiger partial charge in [0.2, 0.25) is 0 Å². The van der Waals surface area contributed by atoms with Gasteiger partial charge in [-0.05, 0) is 37.0 Å². The Hall–Kier alpha value is -0.890. The summed E-state index contributed by atoms with van der Waals surface area (Å²) in [4.78, 5) is 0. The summed E-state index contributed by atoms with van der Waals surface area (Å²) in [5.74, 6) is -0.165. The second kappa shape index (κ2) is 7.41. The average molecular weight is 210 g/mol. The first-order valence-corrected chi connectivity index (χ1v) is 5.68. The zero-order valence-corrected chi connectivity index (χ0v) is 9.08. The van der Waals surface area contributed by atoms with Crippen LogP contribution in [-0.4, -0.2) is 11.7 Å². The molecule has 2 heteroatoms. The molecule has 1 nitrogen and oxygen atoms in total. The van der Waals surface area contributed by atoms with Crippen molar-refractivity contribution in [2.45, 2.75) is 38.5 Å². The highest BCUT2D eigenvalue weighted by atomic mass is 19.1. The van der Waals surface area contributed by atoms with Crippen molar-refractivity contribution >= 4 is 0 Å². The summed E-state index contributed by atoms with van der Waals surface area (Å²) in [5, 5.41) is 8.59. The van der Waals surface area contributed by atoms with Crippen LogP contribution >= 0.6 is 0 Å². The monoisotopic (exact) mass is 210 g/mol. The van der Waals surface area contributed by atoms with E-state index in [-0.39, 0.29) is 5.82 Å². The molecule has 0 bridgehead atoms. The molecule has 0 aliphatic carbocycles. The van der Waals surface area contributed by atoms with E-state index >= 15 is 0 Å². The van der Waals surface area contributed by atoms with Crippen LogP contribution < -0.4 is 0 Å². The maximum Gasteiger partial charge on any atom is 0.123 e. The zero-order valence-electron chi connectivity index (χ0n) is 9.08. The molecule has 15 heavy (non-hydrogen) atoms. The molecule has 1 aromatic rings. The summed E-state index contributed by atoms with van der Waals surface area (Å²) in [6, 6.07) is 6.73. The van der Waals surface area contributed by atoms with Gasteiger partial charge in [-0.2, -0.15) is 0 Å². The van der Waals surface area contributed by atoms with Gasteiger partial charge >= 0.3 is 0 Å². The van der Waals surface area contributed by atoms with Gasteiger partial charge in [-0.25, -0.2) is 4.39 Å². The molecule has 0 amide bonds. The van der Waals surface area contributed by atoms with E-state index in [0.717, 1.165) is 25.7 Å². The Balaban J connectivity index is 2.07. The molecule has 1 aromatic carbocycles. The van der Waals surface area contributed by atoms with Crippen LogP contribution in [0.15, 0.2) is 24.3 Å². The maximum atomic E-state index is 12.6. The normalized spacial score (nSPS) is 10.5. The van der Waals surface area contributed by atoms with E-state index in [9.17, 15) is 4.39 Å². The van der Waals surface area contributed by atoms with Crippen molar-refractivity contribution in [3.05, 3.63) is 35.6 Å². The van der Waals surface area contributed by atoms with Gasteiger partial charge in [0.1, 0.15) is 5.82 Å². The lowest BCUT2D eigenvalue weighted by atomic mass is 10.1. The number of unbranched alkanes of at least 4 members (excludes halogenated alkanes) is 4. The van der Waals surface area contributed by atoms with E-state index in [1.165, 1.54) is 30.5 Å². The predicted octanol–water partition coefficient (Wildman–Crippen LogP) is 3.31. The summed E-state index contributed by atoms with van der Waals surface area (Å²) < 4.78 is 12.6. The van der Waals surface area contributed by atoms with Crippen molar-refractivity contribution in [3.63, 3.8) is 0 Å². The lowest BCUT2D eigenvalue weighted by Gasteiger charge is -2.01. The highest BCUT2D eigenvalue weighted by Gasteiger charge is 1.94. The smallest absolute Gasteiger partial charge is 0.123 e. The standard InChI is InChI=1S/C13H19FO/c14-13-9-7-12(8-10-13)6-4-2-1-3-5-11-15/h7-10,15H,1-6,11H2. The molecule has 0 spiro atoms. The van der Waals surface area contributed by atoms with Crippen LogP contribution in [0.25, 0.3) is 0 Å². The van der Waals surface area contributed by atoms with Crippen LogP contribution in [0.2, 0.25) is 0 Å². The fourth-order valence-corrected chi connectivity index (χ4v) is 1.62. The SMILES string of the molecule is OCCCCCCCc1ccc(F)cc1. The topological polar surface area (TPSA) is 20.2 Å². The van der Waals surface area contributed by atoms with E-state index in [1.54, 1.807) is 0 Å². The first kappa shape index (κ1) is 12.2. The third-order valence-electron chi connectivity index (χ3n) is 2.54. The number of hydrogen-bond acceptors (Lipinski definition) is 1. The summed E-state index contributed by atoms with van der Waals surface area (Å²) in [7, 11) is 0. The molecular weight excluding hydrogens is 191 g/mol. The lowest BCUT2D eigenvalue weighted by Crippen LogP contribution is -1.87. The molecule has 1 N–H and O–H groups in total. The van der Waals surface area contributed by atoms with Crippen molar-refractivity contribution in [2.75, 3.05) is 6.61 Å². The van der Waals surface area contributed by atoms with Gasteiger partial charge in [0.25, 0.3) is 0 Å². The number of aliphatic hydroxyl groups is 1. The molecule has 1 rings (SSSR count). The van der Waals surface area contributed by atoms with Crippen LogP contribution in [0.4, 0.5) is 4.39 Å². The Morgan fingerprint density at radius 2 is 1.47 bits per heavy atom. The Labute approximate surface area is 90.9 Å². The lowest BCUT2D eigenvalue weighted by molar-refractivity contribution is 0.282. The van der Waals surface area contributed by atoms with Crippen LogP contribution in [0.3, 0.4) is 0 Å². The van der Waals surface area contributed by atoms with E-state index in [0.29, 0.717) is 6.61 Å². The Morgan fingerprint density at radius 3 is 2.13 bits per heavy atom. The third kappa shape index (κ3) is 5.53. The van der Waals surface area contributed by atoms with E-state index in [1.807, 2.05) is 12.1 Å². The second-order valence-electron chi connectivity index (χ2n) is 3.87. The van der Waals surface area contributed by atoms with Gasteiger partial charge in [0, 0.05) is 6.61 Å². The van der Waals surface area contributed by atoms with Crippen LogP contribution in [0.5, 0.6) is 0 Å². The minimum atomic E-state index is -0.165. The van der Waals surface area contributed by atoms with Crippen molar-refractivity contribution < 1.29 is 9.50 Å². The third-order valence-corrected chi connectivity index (χ3v) is 2.54. The first-order chi connectivity index (χ1) is 7.33. The van der Waals surface area contributed by atoms with Gasteiger partial charge in [0.15, 0.2) is 0 Å². The summed E-state index contributed by atoms with van der Waals surface area (Å²) >= 11 is 0. The Bertz CT molecular complexity index is 256. The first-order valence-electron chi connectivity index (χ1n) is 5.68. The quantitative estimate of drug-likeness (QED) is 0.684. The summed E-state index contributed by atoms with van der Waals surface area (Å²) in [5.41, 5.74) is 1.21. The number of hydrogen-bond donors (Lipinski definition) is 1. The molecule has 0 aliphatic rings. The highest BCUT2D eigenvalue weighted by molar-refractivity contribution is 5.15. The molecule has 0 heterocycles. The molecule has 84 valence electrons. The zero-order chi connectivity index (χ0) is 10.9. The van der Waals surface area contributed by atoms with Gasteiger partial charge in [-0.15, -0.1) is 0 Å². The summed E-state index contributed by atoms with van der Waals surface area (Å²) in [6.45, 7) is 0.304. The fourth-order valence-electron chi connectivity index (χ4n) is 1.62. The highest BCUT2D eigenvalue weighted by Crippen LogP contribution is 2.09. The van der Waals surface area contributed by atoms with Crippen molar-refractivity contribution in [1.29, 1.82) is 0 Å². The summed E-state index contributed by atoms with van der Waals surface area (Å²) in [6.07, 6.45) is 6.58. The minimum absolute atomic E-state index is 0.165. The molecule has 0 aliphatic heterocycles. The van der Waals surface area contributed by atoms with Gasteiger partial charge < -0.3 is 5.11 Å². The van der Waals surface area contributed by atoms with E-state index in [4.69, 9.17) is 5.11 Å². The van der Waals surface area contributed by atoms with Gasteiger partial charge in [-0.1, -0.05) is 31.4 Å². The van der Waals surface area contributed by atoms with Gasteiger partial charge in [-0.3, -0.25) is 0 Å². The minimum Gasteiger partial charge on any atom is -0.396 e. The molecule has 0 radical (unpaired) electrons. The second-order valence-corrected chi connectivity index (χ2v) is 3.87. The van der Waals surface area contributed by atoms with Crippen molar-refractivity contribution in [2.24, 2.45) is 0 Å². The Morgan fingerprint density at radius 1 is 0.867 bits per heavy atom. The average Bonchev–Trinajstić information content (AvgIpc) is 2.26. The molecule has 0 unspecified atom stereocenters. The number of halogens is 1. The predicted molar refractivity (Wildman–Crippen MR) is 60.3 cm³/mol. The van der Waals surface area contributed by atoms with E-state index in [2.05, 4.69) is 0 Å². The van der Waals surface area contributed by atoms with E-state index < -0.39 is 0 Å². The number of benzene rings is 1. The molecule has 0 atom stereocenters. The Kier molecular flexibility index (Phi) is 6.02. The number of rotatable bonds is 7. The molecule has 0 saturated carbocycles. The number of aryl methyl sites for hydroxylation is 1. The fraction of sp³-hybridized carbons (Fsp3) is 0.538. The van der Waals surface area contributed by atoms with Crippen molar-refractivity contribution in [3.8, 4) is 0 Å². The number of aliphatic hydroxyl groups excluding tert-OH is 1. The van der Waals surface area contributed by atoms with Crippen LogP contribution in [0, 0.1) is 5.82 Å². The van der Waals surface area contributed by atoms with Crippen molar-refractivity contribution in [1.82, 2.24) is 0 Å². The van der Waals surface area contributed by atoms with Crippen LogP contribution in [-0.2, 0) is 6.42 Å². The molecule has 0 fully saturated rings. The molecule has 0 aromatic heterocycles. The molecule has 0 saturated heterocycles. The maximum absolute atomic E-state index is 12.6. The van der Waals surface area contributed by atoms with Gasteiger partial charge in [0.05, 0.1) is 0 Å². The largest absolute Gasteiger partial charge is 0.396 e.